The lowest BCUT2D eigenvalue weighted by Gasteiger charge is -2.40. The van der Waals surface area contributed by atoms with E-state index in [1.54, 1.807) is 0 Å². The normalized spacial score (nSPS) is 18.4. The number of carbonyl (C=O) groups is 1. The van der Waals surface area contributed by atoms with Gasteiger partial charge >= 0.3 is 0 Å². The third kappa shape index (κ3) is 53.4. The molecular weight excluding hydrogens is 1050 g/mol. The zero-order chi connectivity index (χ0) is 61.4. The van der Waals surface area contributed by atoms with Crippen molar-refractivity contribution in [2.24, 2.45) is 0 Å². The predicted octanol–water partition coefficient (Wildman–Crippen LogP) is 20.5. The van der Waals surface area contributed by atoms with Crippen LogP contribution in [0.1, 0.15) is 361 Å². The topological polar surface area (TPSA) is 149 Å². The molecule has 7 unspecified atom stereocenters. The third-order valence-electron chi connectivity index (χ3n) is 17.6. The molecule has 1 amide bonds. The number of aliphatic hydroxyl groups excluding tert-OH is 5. The Morgan fingerprint density at radius 1 is 0.412 bits per heavy atom. The van der Waals surface area contributed by atoms with Gasteiger partial charge in [-0.1, -0.05) is 357 Å². The summed E-state index contributed by atoms with van der Waals surface area (Å²) in [5, 5.41) is 55.0. The lowest BCUT2D eigenvalue weighted by molar-refractivity contribution is -0.302. The quantitative estimate of drug-likeness (QED) is 0.0261. The Morgan fingerprint density at radius 2 is 0.729 bits per heavy atom. The van der Waals surface area contributed by atoms with E-state index in [0.717, 1.165) is 70.6 Å². The number of nitrogens with one attached hydrogen (secondary N) is 1. The van der Waals surface area contributed by atoms with Gasteiger partial charge in [-0.05, 0) is 57.8 Å². The summed E-state index contributed by atoms with van der Waals surface area (Å²) < 4.78 is 11.4. The van der Waals surface area contributed by atoms with Crippen molar-refractivity contribution >= 4 is 5.91 Å². The van der Waals surface area contributed by atoms with E-state index in [0.29, 0.717) is 12.8 Å². The van der Waals surface area contributed by atoms with Crippen LogP contribution in [-0.2, 0) is 14.3 Å². The molecule has 0 bridgehead atoms. The first-order valence-corrected chi connectivity index (χ1v) is 37.0. The lowest BCUT2D eigenvalue weighted by Crippen LogP contribution is -2.60. The number of hydrogen-bond acceptors (Lipinski definition) is 8. The van der Waals surface area contributed by atoms with Gasteiger partial charge in [-0.2, -0.15) is 0 Å². The van der Waals surface area contributed by atoms with Gasteiger partial charge < -0.3 is 40.3 Å². The van der Waals surface area contributed by atoms with E-state index in [-0.39, 0.29) is 12.5 Å². The third-order valence-corrected chi connectivity index (χ3v) is 17.6. The molecule has 9 nitrogen and oxygen atoms in total. The van der Waals surface area contributed by atoms with Crippen molar-refractivity contribution in [1.29, 1.82) is 0 Å². The zero-order valence-electron chi connectivity index (χ0n) is 55.9. The van der Waals surface area contributed by atoms with Gasteiger partial charge in [0, 0.05) is 6.42 Å². The summed E-state index contributed by atoms with van der Waals surface area (Å²) in [4.78, 5) is 13.2. The van der Waals surface area contributed by atoms with Gasteiger partial charge in [-0.15, -0.1) is 0 Å². The van der Waals surface area contributed by atoms with Crippen LogP contribution in [0.15, 0.2) is 60.8 Å². The standard InChI is InChI=1S/C76H141NO8/c1-3-5-7-9-11-13-15-17-19-21-23-25-27-28-29-30-31-32-33-34-35-36-37-38-39-40-41-42-44-46-48-50-52-54-56-58-60-62-64-66-72(80)77-69(68-84-76-75(83)74(82)73(81)71(67-78)85-76)70(79)65-63-61-59-57-55-53-51-49-47-45-43-26-24-22-20-18-16-14-12-10-8-6-4-2/h5,7,11,13,17,19,23,25,28-29,69-71,73-76,78-79,81-83H,3-4,6,8-10,12,14-16,18,20-22,24,26-27,30-68H2,1-2H3,(H,77,80)/b7-5-,13-11-,19-17-,25-23-,29-28-. The molecule has 1 saturated heterocycles. The molecule has 1 rings (SSSR count). The maximum absolute atomic E-state index is 13.2. The Hall–Kier alpha value is -2.11. The molecule has 0 aromatic heterocycles. The molecule has 6 N–H and O–H groups in total. The summed E-state index contributed by atoms with van der Waals surface area (Å²) in [6, 6.07) is -0.720. The van der Waals surface area contributed by atoms with Gasteiger partial charge in [0.1, 0.15) is 24.4 Å². The summed E-state index contributed by atoms with van der Waals surface area (Å²) in [6.07, 6.45) is 83.1. The first kappa shape index (κ1) is 80.9. The molecule has 1 aliphatic rings. The SMILES string of the molecule is CC/C=C\C/C=C\C/C=C\C/C=C\C/C=C\CCCCCCCCCCCCCCCCCCCCCCCCCC(=O)NC(COC1OC(CO)C(O)C(O)C1O)C(O)CCCCCCCCCCCCCCCCCCCCCCCCC. The van der Waals surface area contributed by atoms with Gasteiger partial charge in [-0.3, -0.25) is 4.79 Å². The minimum atomic E-state index is -1.55. The molecule has 0 aromatic carbocycles. The minimum Gasteiger partial charge on any atom is -0.394 e. The van der Waals surface area contributed by atoms with Crippen LogP contribution in [0.25, 0.3) is 0 Å². The van der Waals surface area contributed by atoms with E-state index >= 15 is 0 Å². The molecular formula is C76H141NO8. The number of allylic oxidation sites excluding steroid dienone is 10. The first-order chi connectivity index (χ1) is 41.8. The van der Waals surface area contributed by atoms with Crippen LogP contribution in [0, 0.1) is 0 Å². The zero-order valence-corrected chi connectivity index (χ0v) is 55.9. The summed E-state index contributed by atoms with van der Waals surface area (Å²) in [5.41, 5.74) is 0. The Labute approximate surface area is 526 Å². The molecule has 1 aliphatic heterocycles. The Morgan fingerprint density at radius 3 is 1.08 bits per heavy atom. The van der Waals surface area contributed by atoms with E-state index in [4.69, 9.17) is 9.47 Å². The fourth-order valence-electron chi connectivity index (χ4n) is 11.9. The van der Waals surface area contributed by atoms with Crippen LogP contribution in [0.3, 0.4) is 0 Å². The molecule has 1 fully saturated rings. The van der Waals surface area contributed by atoms with Crippen molar-refractivity contribution < 1.29 is 39.8 Å². The van der Waals surface area contributed by atoms with Crippen molar-refractivity contribution in [3.63, 3.8) is 0 Å². The van der Waals surface area contributed by atoms with Crippen molar-refractivity contribution in [3.8, 4) is 0 Å². The van der Waals surface area contributed by atoms with E-state index in [9.17, 15) is 30.3 Å². The van der Waals surface area contributed by atoms with Gasteiger partial charge in [0.15, 0.2) is 6.29 Å². The first-order valence-electron chi connectivity index (χ1n) is 37.0. The second kappa shape index (κ2) is 64.9. The molecule has 0 aliphatic carbocycles. The van der Waals surface area contributed by atoms with Crippen LogP contribution < -0.4 is 5.32 Å². The van der Waals surface area contributed by atoms with Crippen molar-refractivity contribution in [3.05, 3.63) is 60.8 Å². The van der Waals surface area contributed by atoms with Crippen molar-refractivity contribution in [1.82, 2.24) is 5.32 Å². The maximum Gasteiger partial charge on any atom is 0.220 e. The van der Waals surface area contributed by atoms with Gasteiger partial charge in [0.25, 0.3) is 0 Å². The largest absolute Gasteiger partial charge is 0.394 e. The van der Waals surface area contributed by atoms with Crippen molar-refractivity contribution in [2.75, 3.05) is 13.2 Å². The highest BCUT2D eigenvalue weighted by Crippen LogP contribution is 2.24. The van der Waals surface area contributed by atoms with Crippen LogP contribution in [0.5, 0.6) is 0 Å². The Kier molecular flexibility index (Phi) is 61.7. The summed E-state index contributed by atoms with van der Waals surface area (Å²) >= 11 is 0. The number of ether oxygens (including phenoxy) is 2. The number of carbonyl (C=O) groups excluding carboxylic acids is 1. The highest BCUT2D eigenvalue weighted by atomic mass is 16.7. The molecule has 1 heterocycles. The van der Waals surface area contributed by atoms with E-state index in [2.05, 4.69) is 79.9 Å². The van der Waals surface area contributed by atoms with Crippen molar-refractivity contribution in [2.45, 2.75) is 403 Å². The molecule has 0 spiro atoms. The van der Waals surface area contributed by atoms with E-state index in [1.165, 1.54) is 263 Å². The fourth-order valence-corrected chi connectivity index (χ4v) is 11.9. The highest BCUT2D eigenvalue weighted by molar-refractivity contribution is 5.76. The molecule has 498 valence electrons. The second-order valence-corrected chi connectivity index (χ2v) is 25.7. The molecule has 7 atom stereocenters. The van der Waals surface area contributed by atoms with E-state index in [1.807, 2.05) is 0 Å². The number of rotatable bonds is 65. The molecule has 0 radical (unpaired) electrons. The fraction of sp³-hybridized carbons (Fsp3) is 0.855. The molecule has 0 saturated carbocycles. The summed E-state index contributed by atoms with van der Waals surface area (Å²) in [6.45, 7) is 3.77. The monoisotopic (exact) mass is 1200 g/mol. The number of aliphatic hydroxyl groups is 5. The minimum absolute atomic E-state index is 0.134. The average molecular weight is 1200 g/mol. The van der Waals surface area contributed by atoms with Crippen LogP contribution in [-0.4, -0.2) is 87.5 Å². The summed E-state index contributed by atoms with van der Waals surface area (Å²) in [5.74, 6) is -0.137. The van der Waals surface area contributed by atoms with Gasteiger partial charge in [-0.25, -0.2) is 0 Å². The molecule has 0 aromatic rings. The predicted molar refractivity (Wildman–Crippen MR) is 364 cm³/mol. The molecule has 9 heteroatoms. The lowest BCUT2D eigenvalue weighted by atomic mass is 9.99. The Balaban J connectivity index is 2.05. The van der Waals surface area contributed by atoms with Crippen LogP contribution in [0.4, 0.5) is 0 Å². The van der Waals surface area contributed by atoms with Crippen LogP contribution in [0.2, 0.25) is 0 Å². The summed E-state index contributed by atoms with van der Waals surface area (Å²) in [7, 11) is 0. The number of unbranched alkanes of at least 4 members (excludes halogenated alkanes) is 45. The van der Waals surface area contributed by atoms with Gasteiger partial charge in [0.2, 0.25) is 5.91 Å². The van der Waals surface area contributed by atoms with E-state index < -0.39 is 49.5 Å². The maximum atomic E-state index is 13.2. The highest BCUT2D eigenvalue weighted by Gasteiger charge is 2.44. The second-order valence-electron chi connectivity index (χ2n) is 25.7. The number of hydrogen-bond donors (Lipinski definition) is 6. The Bertz CT molecular complexity index is 1530. The smallest absolute Gasteiger partial charge is 0.220 e. The molecule has 85 heavy (non-hydrogen) atoms. The number of amides is 1. The average Bonchev–Trinajstić information content (AvgIpc) is 3.66. The van der Waals surface area contributed by atoms with Crippen LogP contribution >= 0.6 is 0 Å². The van der Waals surface area contributed by atoms with Gasteiger partial charge in [0.05, 0.1) is 25.4 Å².